The second-order valence-corrected chi connectivity index (χ2v) is 8.46. The number of aryl methyl sites for hydroxylation is 1. The number of ether oxygens (including phenoxy) is 1. The number of hydrogen-bond donors (Lipinski definition) is 1. The van der Waals surface area contributed by atoms with Gasteiger partial charge in [0.1, 0.15) is 5.69 Å². The molecule has 0 aromatic carbocycles. The van der Waals surface area contributed by atoms with Crippen LogP contribution in [-0.2, 0) is 9.53 Å². The number of methoxy groups -OCH3 is 1. The highest BCUT2D eigenvalue weighted by molar-refractivity contribution is 7.09. The summed E-state index contributed by atoms with van der Waals surface area (Å²) in [5.74, 6) is 0.253. The summed E-state index contributed by atoms with van der Waals surface area (Å²) in [7, 11) is 1.64. The minimum Gasteiger partial charge on any atom is -0.383 e. The molecule has 0 radical (unpaired) electrons. The Balaban J connectivity index is 1.47. The van der Waals surface area contributed by atoms with Gasteiger partial charge in [-0.3, -0.25) is 14.5 Å². The van der Waals surface area contributed by atoms with E-state index in [0.29, 0.717) is 24.9 Å². The molecule has 1 atom stereocenters. The molecule has 2 saturated heterocycles. The van der Waals surface area contributed by atoms with Gasteiger partial charge in [-0.05, 0) is 39.2 Å². The van der Waals surface area contributed by atoms with Crippen molar-refractivity contribution >= 4 is 23.2 Å². The van der Waals surface area contributed by atoms with Gasteiger partial charge in [0.2, 0.25) is 5.91 Å². The Hall–Kier alpha value is -1.51. The van der Waals surface area contributed by atoms with E-state index in [1.165, 1.54) is 11.3 Å². The van der Waals surface area contributed by atoms with E-state index >= 15 is 0 Å². The molecule has 0 saturated carbocycles. The molecule has 1 aromatic heterocycles. The molecule has 0 aliphatic carbocycles. The van der Waals surface area contributed by atoms with E-state index < -0.39 is 0 Å². The average Bonchev–Trinajstić information content (AvgIpc) is 3.14. The van der Waals surface area contributed by atoms with E-state index in [4.69, 9.17) is 4.74 Å². The molecule has 0 bridgehead atoms. The Morgan fingerprint density at radius 1 is 1.30 bits per heavy atom. The fourth-order valence-corrected chi connectivity index (χ4v) is 4.62. The fourth-order valence-electron chi connectivity index (χ4n) is 4.03. The van der Waals surface area contributed by atoms with Gasteiger partial charge in [0.15, 0.2) is 0 Å². The normalized spacial score (nSPS) is 22.0. The molecular weight excluding hydrogens is 364 g/mol. The van der Waals surface area contributed by atoms with Gasteiger partial charge in [-0.1, -0.05) is 0 Å². The zero-order chi connectivity index (χ0) is 19.2. The smallest absolute Gasteiger partial charge is 0.273 e. The quantitative estimate of drug-likeness (QED) is 0.741. The molecule has 3 rings (SSSR count). The number of hydrogen-bond acceptors (Lipinski definition) is 6. The van der Waals surface area contributed by atoms with E-state index in [1.807, 2.05) is 17.2 Å². The molecule has 2 fully saturated rings. The summed E-state index contributed by atoms with van der Waals surface area (Å²) in [4.78, 5) is 33.6. The summed E-state index contributed by atoms with van der Waals surface area (Å²) in [6.07, 6.45) is 3.94. The van der Waals surface area contributed by atoms with Crippen LogP contribution in [0.25, 0.3) is 0 Å². The number of carbonyl (C=O) groups excluding carboxylic acids is 2. The fraction of sp³-hybridized carbons (Fsp3) is 0.737. The van der Waals surface area contributed by atoms with Crippen LogP contribution in [0.2, 0.25) is 0 Å². The van der Waals surface area contributed by atoms with Crippen molar-refractivity contribution in [1.82, 2.24) is 20.1 Å². The number of likely N-dealkylation sites (tertiary alicyclic amines) is 2. The van der Waals surface area contributed by atoms with Crippen LogP contribution in [0.5, 0.6) is 0 Å². The lowest BCUT2D eigenvalue weighted by Gasteiger charge is -2.41. The number of rotatable bonds is 6. The predicted octanol–water partition coefficient (Wildman–Crippen LogP) is 1.53. The van der Waals surface area contributed by atoms with Crippen molar-refractivity contribution in [3.63, 3.8) is 0 Å². The van der Waals surface area contributed by atoms with Crippen LogP contribution in [0.1, 0.15) is 41.2 Å². The van der Waals surface area contributed by atoms with Crippen LogP contribution in [0, 0.1) is 12.8 Å². The number of carbonyl (C=O) groups is 2. The largest absolute Gasteiger partial charge is 0.383 e. The minimum absolute atomic E-state index is 0.0480. The Bertz CT molecular complexity index is 643. The number of amides is 2. The lowest BCUT2D eigenvalue weighted by Crippen LogP contribution is -2.51. The maximum absolute atomic E-state index is 12.6. The topological polar surface area (TPSA) is 74.8 Å². The lowest BCUT2D eigenvalue weighted by atomic mass is 9.93. The maximum Gasteiger partial charge on any atom is 0.273 e. The molecular formula is C19H30N4O3S. The molecule has 27 heavy (non-hydrogen) atoms. The zero-order valence-electron chi connectivity index (χ0n) is 16.3. The Morgan fingerprint density at radius 3 is 2.74 bits per heavy atom. The Labute approximate surface area is 165 Å². The molecule has 2 amide bonds. The van der Waals surface area contributed by atoms with Gasteiger partial charge in [0.25, 0.3) is 5.91 Å². The third kappa shape index (κ3) is 5.27. The molecule has 1 N–H and O–H groups in total. The van der Waals surface area contributed by atoms with Gasteiger partial charge in [0.05, 0.1) is 17.5 Å². The average molecular weight is 395 g/mol. The van der Waals surface area contributed by atoms with Crippen molar-refractivity contribution in [2.75, 3.05) is 46.4 Å². The van der Waals surface area contributed by atoms with Crippen LogP contribution in [0.4, 0.5) is 0 Å². The Morgan fingerprint density at radius 2 is 2.07 bits per heavy atom. The molecule has 2 aliphatic heterocycles. The number of thiazole rings is 1. The van der Waals surface area contributed by atoms with Crippen molar-refractivity contribution in [1.29, 1.82) is 0 Å². The van der Waals surface area contributed by atoms with E-state index in [2.05, 4.69) is 15.2 Å². The van der Waals surface area contributed by atoms with Crippen LogP contribution in [0.3, 0.4) is 0 Å². The molecule has 7 nitrogen and oxygen atoms in total. The van der Waals surface area contributed by atoms with Crippen molar-refractivity contribution in [2.45, 2.75) is 38.6 Å². The van der Waals surface area contributed by atoms with Crippen molar-refractivity contribution in [3.8, 4) is 0 Å². The van der Waals surface area contributed by atoms with Crippen molar-refractivity contribution in [3.05, 3.63) is 16.1 Å². The summed E-state index contributed by atoms with van der Waals surface area (Å²) in [6, 6.07) is 0.459. The molecule has 1 unspecified atom stereocenters. The summed E-state index contributed by atoms with van der Waals surface area (Å²) in [5, 5.41) is 5.75. The van der Waals surface area contributed by atoms with Crippen LogP contribution in [-0.4, -0.2) is 79.1 Å². The third-order valence-electron chi connectivity index (χ3n) is 5.54. The summed E-state index contributed by atoms with van der Waals surface area (Å²) in [5.41, 5.74) is 0.571. The van der Waals surface area contributed by atoms with Gasteiger partial charge in [-0.2, -0.15) is 0 Å². The molecule has 2 aliphatic rings. The summed E-state index contributed by atoms with van der Waals surface area (Å²) in [6.45, 7) is 6.44. The number of aromatic nitrogens is 1. The monoisotopic (exact) mass is 394 g/mol. The number of nitrogens with one attached hydrogen (secondary N) is 1. The highest BCUT2D eigenvalue weighted by Crippen LogP contribution is 2.25. The molecule has 0 spiro atoms. The van der Waals surface area contributed by atoms with Gasteiger partial charge < -0.3 is 15.0 Å². The minimum atomic E-state index is 0.0480. The molecule has 3 heterocycles. The molecule has 1 aromatic rings. The maximum atomic E-state index is 12.6. The summed E-state index contributed by atoms with van der Waals surface area (Å²) < 4.78 is 5.00. The zero-order valence-corrected chi connectivity index (χ0v) is 17.1. The first kappa shape index (κ1) is 20.2. The van der Waals surface area contributed by atoms with E-state index in [9.17, 15) is 9.59 Å². The Kier molecular flexibility index (Phi) is 7.20. The van der Waals surface area contributed by atoms with E-state index in [0.717, 1.165) is 56.9 Å². The third-order valence-corrected chi connectivity index (χ3v) is 6.31. The van der Waals surface area contributed by atoms with Crippen LogP contribution < -0.4 is 5.32 Å². The first-order valence-electron chi connectivity index (χ1n) is 9.80. The van der Waals surface area contributed by atoms with Crippen molar-refractivity contribution in [2.24, 2.45) is 5.92 Å². The van der Waals surface area contributed by atoms with E-state index in [1.54, 1.807) is 7.11 Å². The number of nitrogens with zero attached hydrogens (tertiary/aromatic N) is 3. The highest BCUT2D eigenvalue weighted by atomic mass is 32.1. The second-order valence-electron chi connectivity index (χ2n) is 7.39. The summed E-state index contributed by atoms with van der Waals surface area (Å²) >= 11 is 1.52. The second kappa shape index (κ2) is 9.61. The van der Waals surface area contributed by atoms with Gasteiger partial charge in [-0.15, -0.1) is 11.3 Å². The van der Waals surface area contributed by atoms with E-state index in [-0.39, 0.29) is 17.7 Å². The first-order valence-corrected chi connectivity index (χ1v) is 10.7. The van der Waals surface area contributed by atoms with Crippen LogP contribution in [0.15, 0.2) is 5.38 Å². The first-order chi connectivity index (χ1) is 13.1. The standard InChI is InChI=1S/C19H30N4O3S/c1-14-21-17(13-27-14)19(25)22-9-5-16(6-10-22)23-8-3-4-15(12-23)18(24)20-7-11-26-2/h13,15-16H,3-12H2,1-2H3,(H,20,24). The van der Waals surface area contributed by atoms with Gasteiger partial charge in [0, 0.05) is 44.7 Å². The SMILES string of the molecule is COCCNC(=O)C1CCCN(C2CCN(C(=O)c3csc(C)n3)CC2)C1. The number of piperidine rings is 2. The molecule has 150 valence electrons. The van der Waals surface area contributed by atoms with Crippen LogP contribution >= 0.6 is 11.3 Å². The lowest BCUT2D eigenvalue weighted by molar-refractivity contribution is -0.127. The van der Waals surface area contributed by atoms with Gasteiger partial charge >= 0.3 is 0 Å². The molecule has 8 heteroatoms. The van der Waals surface area contributed by atoms with Gasteiger partial charge in [-0.25, -0.2) is 4.98 Å². The predicted molar refractivity (Wildman–Crippen MR) is 105 cm³/mol. The highest BCUT2D eigenvalue weighted by Gasteiger charge is 2.32. The van der Waals surface area contributed by atoms with Crippen molar-refractivity contribution < 1.29 is 14.3 Å².